The summed E-state index contributed by atoms with van der Waals surface area (Å²) in [5.41, 5.74) is 3.83. The standard InChI is InChI=1S/C26H22BrN4O2S2/c27-23-13-14-24(34-23)35(32,33)30-25-26(29-22-12-5-4-11-21(22)28-25)31-17-15-20(16-18-31)10-6-9-19-7-2-1-3-8-19/h1-5,7-8,11-18H,6,9-10H2,(H,28,30)/q+1. The second kappa shape index (κ2) is 10.2. The van der Waals surface area contributed by atoms with Crippen LogP contribution in [-0.4, -0.2) is 18.4 Å². The van der Waals surface area contributed by atoms with Crippen molar-refractivity contribution in [3.05, 3.63) is 106 Å². The van der Waals surface area contributed by atoms with Crippen LogP contribution in [0.5, 0.6) is 0 Å². The Balaban J connectivity index is 1.42. The molecule has 2 aromatic carbocycles. The van der Waals surface area contributed by atoms with Gasteiger partial charge in [-0.15, -0.1) is 11.3 Å². The first-order valence-corrected chi connectivity index (χ1v) is 14.2. The lowest BCUT2D eigenvalue weighted by atomic mass is 10.1. The van der Waals surface area contributed by atoms with E-state index < -0.39 is 10.0 Å². The highest BCUT2D eigenvalue weighted by Crippen LogP contribution is 2.28. The molecule has 5 aromatic rings. The number of halogens is 1. The molecule has 3 heterocycles. The van der Waals surface area contributed by atoms with Crippen molar-refractivity contribution in [2.45, 2.75) is 23.5 Å². The van der Waals surface area contributed by atoms with Crippen LogP contribution in [0.4, 0.5) is 5.82 Å². The van der Waals surface area contributed by atoms with Crippen molar-refractivity contribution in [1.29, 1.82) is 0 Å². The van der Waals surface area contributed by atoms with E-state index in [9.17, 15) is 8.42 Å². The third-order valence-electron chi connectivity index (χ3n) is 5.51. The van der Waals surface area contributed by atoms with Crippen LogP contribution in [0.15, 0.2) is 99.3 Å². The molecule has 0 aliphatic carbocycles. The summed E-state index contributed by atoms with van der Waals surface area (Å²) in [6.07, 6.45) is 6.82. The predicted molar refractivity (Wildman–Crippen MR) is 142 cm³/mol. The quantitative estimate of drug-likeness (QED) is 0.244. The predicted octanol–water partition coefficient (Wildman–Crippen LogP) is 5.71. The Hall–Kier alpha value is -3.14. The molecule has 5 rings (SSSR count). The molecule has 0 unspecified atom stereocenters. The van der Waals surface area contributed by atoms with Gasteiger partial charge >= 0.3 is 5.82 Å². The summed E-state index contributed by atoms with van der Waals surface area (Å²) in [6.45, 7) is 0. The number of aryl methyl sites for hydroxylation is 2. The highest BCUT2D eigenvalue weighted by Gasteiger charge is 2.25. The van der Waals surface area contributed by atoms with Gasteiger partial charge in [-0.1, -0.05) is 42.5 Å². The molecule has 0 aliphatic heterocycles. The van der Waals surface area contributed by atoms with Gasteiger partial charge in [0.1, 0.15) is 9.73 Å². The molecule has 0 radical (unpaired) electrons. The van der Waals surface area contributed by atoms with E-state index in [0.29, 0.717) is 16.9 Å². The Morgan fingerprint density at radius 2 is 1.43 bits per heavy atom. The second-order valence-corrected chi connectivity index (χ2v) is 12.4. The summed E-state index contributed by atoms with van der Waals surface area (Å²) in [5, 5.41) is 0. The van der Waals surface area contributed by atoms with E-state index in [1.54, 1.807) is 16.7 Å². The molecule has 9 heteroatoms. The van der Waals surface area contributed by atoms with Gasteiger partial charge in [-0.3, -0.25) is 4.72 Å². The maximum Gasteiger partial charge on any atom is 0.372 e. The summed E-state index contributed by atoms with van der Waals surface area (Å²) in [7, 11) is -3.82. The number of hydrogen-bond acceptors (Lipinski definition) is 5. The lowest BCUT2D eigenvalue weighted by Crippen LogP contribution is -2.33. The number of benzene rings is 2. The number of pyridine rings is 1. The van der Waals surface area contributed by atoms with E-state index in [1.165, 1.54) is 11.1 Å². The second-order valence-electron chi connectivity index (χ2n) is 8.00. The first-order valence-electron chi connectivity index (χ1n) is 11.1. The number of nitrogens with one attached hydrogen (secondary N) is 1. The van der Waals surface area contributed by atoms with Gasteiger partial charge in [-0.25, -0.2) is 18.0 Å². The molecule has 0 spiro atoms. The van der Waals surface area contributed by atoms with Crippen LogP contribution in [0.25, 0.3) is 16.9 Å². The minimum absolute atomic E-state index is 0.176. The molecular formula is C26H22BrN4O2S2+. The molecule has 3 aromatic heterocycles. The fourth-order valence-corrected chi connectivity index (χ4v) is 6.78. The Morgan fingerprint density at radius 3 is 2.09 bits per heavy atom. The third kappa shape index (κ3) is 5.58. The highest BCUT2D eigenvalue weighted by atomic mass is 79.9. The van der Waals surface area contributed by atoms with Gasteiger partial charge in [-0.05, 0) is 87.7 Å². The molecule has 176 valence electrons. The molecule has 35 heavy (non-hydrogen) atoms. The van der Waals surface area contributed by atoms with Crippen molar-refractivity contribution < 1.29 is 13.0 Å². The minimum atomic E-state index is -3.82. The number of thiophene rings is 1. The normalized spacial score (nSPS) is 11.6. The number of anilines is 1. The van der Waals surface area contributed by atoms with Crippen LogP contribution >= 0.6 is 27.3 Å². The van der Waals surface area contributed by atoms with Crippen molar-refractivity contribution >= 4 is 54.1 Å². The van der Waals surface area contributed by atoms with Crippen LogP contribution in [0.2, 0.25) is 0 Å². The zero-order valence-electron chi connectivity index (χ0n) is 18.6. The Kier molecular flexibility index (Phi) is 6.90. The largest absolute Gasteiger partial charge is 0.372 e. The first-order chi connectivity index (χ1) is 17.0. The van der Waals surface area contributed by atoms with Gasteiger partial charge < -0.3 is 0 Å². The number of sulfonamides is 1. The monoisotopic (exact) mass is 565 g/mol. The average Bonchev–Trinajstić information content (AvgIpc) is 3.32. The Bertz CT molecular complexity index is 1570. The van der Waals surface area contributed by atoms with E-state index in [-0.39, 0.29) is 10.0 Å². The van der Waals surface area contributed by atoms with E-state index in [4.69, 9.17) is 4.98 Å². The van der Waals surface area contributed by atoms with Crippen molar-refractivity contribution in [3.8, 4) is 5.82 Å². The summed E-state index contributed by atoms with van der Waals surface area (Å²) in [4.78, 5) is 9.32. The fourth-order valence-electron chi connectivity index (χ4n) is 3.77. The topological polar surface area (TPSA) is 75.8 Å². The van der Waals surface area contributed by atoms with Crippen molar-refractivity contribution in [2.75, 3.05) is 4.72 Å². The molecule has 0 aliphatic rings. The van der Waals surface area contributed by atoms with Crippen LogP contribution in [0, 0.1) is 0 Å². The molecule has 0 atom stereocenters. The zero-order valence-corrected chi connectivity index (χ0v) is 21.9. The van der Waals surface area contributed by atoms with Gasteiger partial charge in [0.2, 0.25) is 11.3 Å². The van der Waals surface area contributed by atoms with Gasteiger partial charge in [0.15, 0.2) is 0 Å². The molecule has 6 nitrogen and oxygen atoms in total. The molecular weight excluding hydrogens is 544 g/mol. The lowest BCUT2D eigenvalue weighted by molar-refractivity contribution is -0.598. The Labute approximate surface area is 216 Å². The summed E-state index contributed by atoms with van der Waals surface area (Å²) in [6, 6.07) is 25.2. The first kappa shape index (κ1) is 23.6. The van der Waals surface area contributed by atoms with Crippen molar-refractivity contribution in [3.63, 3.8) is 0 Å². The molecule has 0 bridgehead atoms. The van der Waals surface area contributed by atoms with Crippen LogP contribution in [0.1, 0.15) is 17.5 Å². The van der Waals surface area contributed by atoms with E-state index >= 15 is 0 Å². The summed E-state index contributed by atoms with van der Waals surface area (Å²) >= 11 is 4.46. The maximum absolute atomic E-state index is 13.0. The van der Waals surface area contributed by atoms with Gasteiger partial charge in [0.25, 0.3) is 10.0 Å². The number of aromatic nitrogens is 3. The lowest BCUT2D eigenvalue weighted by Gasteiger charge is -2.08. The fraction of sp³-hybridized carbons (Fsp3) is 0.115. The molecule has 0 amide bonds. The zero-order chi connectivity index (χ0) is 24.3. The number of hydrogen-bond donors (Lipinski definition) is 1. The number of fused-ring (bicyclic) bond motifs is 1. The minimum Gasteiger partial charge on any atom is -0.256 e. The van der Waals surface area contributed by atoms with E-state index in [1.807, 2.05) is 54.9 Å². The summed E-state index contributed by atoms with van der Waals surface area (Å²) in [5.74, 6) is 0.591. The SMILES string of the molecule is O=S(=O)(Nc1nc2ccccc2nc1-[n+]1ccc(CCCc2ccccc2)cc1)c1ccc(Br)s1. The van der Waals surface area contributed by atoms with E-state index in [0.717, 1.165) is 34.4 Å². The molecule has 0 fully saturated rings. The van der Waals surface area contributed by atoms with Crippen molar-refractivity contribution in [1.82, 2.24) is 9.97 Å². The average molecular weight is 567 g/mol. The van der Waals surface area contributed by atoms with Crippen molar-refractivity contribution in [2.24, 2.45) is 0 Å². The van der Waals surface area contributed by atoms with Gasteiger partial charge in [0.05, 0.1) is 16.2 Å². The number of rotatable bonds is 8. The van der Waals surface area contributed by atoms with E-state index in [2.05, 4.69) is 49.9 Å². The third-order valence-corrected chi connectivity index (χ3v) is 8.97. The van der Waals surface area contributed by atoms with Gasteiger partial charge in [-0.2, -0.15) is 0 Å². The molecule has 0 saturated carbocycles. The molecule has 0 saturated heterocycles. The highest BCUT2D eigenvalue weighted by molar-refractivity contribution is 9.11. The smallest absolute Gasteiger partial charge is 0.256 e. The summed E-state index contributed by atoms with van der Waals surface area (Å²) < 4.78 is 31.4. The number of para-hydroxylation sites is 2. The number of nitrogens with zero attached hydrogens (tertiary/aromatic N) is 3. The van der Waals surface area contributed by atoms with Gasteiger partial charge in [0, 0.05) is 0 Å². The molecule has 1 N–H and O–H groups in total. The van der Waals surface area contributed by atoms with Crippen LogP contribution in [-0.2, 0) is 22.9 Å². The van der Waals surface area contributed by atoms with Crippen LogP contribution in [0.3, 0.4) is 0 Å². The maximum atomic E-state index is 13.0. The van der Waals surface area contributed by atoms with Crippen LogP contribution < -0.4 is 9.29 Å². The Morgan fingerprint density at radius 1 is 0.800 bits per heavy atom.